The number of hydrogen-bond donors (Lipinski definition) is 2. The second-order valence-electron chi connectivity index (χ2n) is 7.32. The Bertz CT molecular complexity index is 995. The monoisotopic (exact) mass is 394 g/mol. The van der Waals surface area contributed by atoms with Crippen LogP contribution in [0.4, 0.5) is 0 Å². The standard InChI is InChI=1S/C23H26N2O4/c1-14(2)10-20(26)25-21(16-11-17(28-3)13-18(12-16)29-4)19-8-7-15-6-5-9-24-22(15)23(19)27/h5-9,11-14,21,27H,10H2,1-4H3,(H,25,26). The number of pyridine rings is 1. The molecule has 0 spiro atoms. The van der Waals surface area contributed by atoms with Gasteiger partial charge in [0.25, 0.3) is 0 Å². The number of phenols is 1. The number of nitrogens with zero attached hydrogens (tertiary/aromatic N) is 1. The minimum absolute atomic E-state index is 0.0414. The van der Waals surface area contributed by atoms with Gasteiger partial charge in [0.15, 0.2) is 0 Å². The van der Waals surface area contributed by atoms with Crippen LogP contribution >= 0.6 is 0 Å². The molecule has 0 fully saturated rings. The van der Waals surface area contributed by atoms with Crippen LogP contribution in [-0.4, -0.2) is 30.2 Å². The third-order valence-electron chi connectivity index (χ3n) is 4.70. The zero-order valence-corrected chi connectivity index (χ0v) is 17.1. The molecule has 0 aliphatic rings. The summed E-state index contributed by atoms with van der Waals surface area (Å²) in [6, 6.07) is 12.2. The van der Waals surface area contributed by atoms with E-state index in [0.29, 0.717) is 29.0 Å². The summed E-state index contributed by atoms with van der Waals surface area (Å²) in [4.78, 5) is 16.9. The van der Waals surface area contributed by atoms with Gasteiger partial charge in [0.1, 0.15) is 22.8 Å². The van der Waals surface area contributed by atoms with E-state index in [1.807, 2.05) is 50.2 Å². The van der Waals surface area contributed by atoms with Crippen LogP contribution in [0.25, 0.3) is 10.9 Å². The maximum absolute atomic E-state index is 12.6. The summed E-state index contributed by atoms with van der Waals surface area (Å²) in [5.74, 6) is 1.34. The van der Waals surface area contributed by atoms with Crippen molar-refractivity contribution in [2.45, 2.75) is 26.3 Å². The van der Waals surface area contributed by atoms with Crippen molar-refractivity contribution in [1.29, 1.82) is 0 Å². The highest BCUT2D eigenvalue weighted by Crippen LogP contribution is 2.37. The fourth-order valence-electron chi connectivity index (χ4n) is 3.31. The summed E-state index contributed by atoms with van der Waals surface area (Å²) in [7, 11) is 3.14. The molecule has 1 unspecified atom stereocenters. The number of aromatic nitrogens is 1. The van der Waals surface area contributed by atoms with Crippen molar-refractivity contribution in [2.75, 3.05) is 14.2 Å². The number of carbonyl (C=O) groups excluding carboxylic acids is 1. The summed E-state index contributed by atoms with van der Waals surface area (Å²) >= 11 is 0. The van der Waals surface area contributed by atoms with Crippen molar-refractivity contribution >= 4 is 16.8 Å². The Kier molecular flexibility index (Phi) is 6.22. The Hall–Kier alpha value is -3.28. The zero-order valence-electron chi connectivity index (χ0n) is 17.1. The Labute approximate surface area is 170 Å². The van der Waals surface area contributed by atoms with Gasteiger partial charge < -0.3 is 19.9 Å². The smallest absolute Gasteiger partial charge is 0.221 e. The number of amides is 1. The highest BCUT2D eigenvalue weighted by molar-refractivity contribution is 5.86. The number of carbonyl (C=O) groups is 1. The lowest BCUT2D eigenvalue weighted by atomic mass is 9.95. The SMILES string of the molecule is COc1cc(OC)cc(C(NC(=O)CC(C)C)c2ccc3cccnc3c2O)c1. The van der Waals surface area contributed by atoms with Gasteiger partial charge in [0.05, 0.1) is 20.3 Å². The van der Waals surface area contributed by atoms with Crippen molar-refractivity contribution in [3.8, 4) is 17.2 Å². The molecule has 1 atom stereocenters. The molecule has 2 aromatic carbocycles. The lowest BCUT2D eigenvalue weighted by Gasteiger charge is -2.23. The number of rotatable bonds is 7. The summed E-state index contributed by atoms with van der Waals surface area (Å²) in [6.07, 6.45) is 2.01. The van der Waals surface area contributed by atoms with Gasteiger partial charge in [-0.05, 0) is 29.7 Å². The number of ether oxygens (including phenoxy) is 2. The fourth-order valence-corrected chi connectivity index (χ4v) is 3.31. The Balaban J connectivity index is 2.14. The lowest BCUT2D eigenvalue weighted by molar-refractivity contribution is -0.122. The van der Waals surface area contributed by atoms with Crippen molar-refractivity contribution in [2.24, 2.45) is 5.92 Å². The third-order valence-corrected chi connectivity index (χ3v) is 4.70. The van der Waals surface area contributed by atoms with Crippen LogP contribution in [0.1, 0.15) is 37.4 Å². The third kappa shape index (κ3) is 4.59. The molecule has 1 heterocycles. The minimum atomic E-state index is -0.586. The van der Waals surface area contributed by atoms with Gasteiger partial charge in [-0.25, -0.2) is 0 Å². The van der Waals surface area contributed by atoms with Gasteiger partial charge in [-0.2, -0.15) is 0 Å². The largest absolute Gasteiger partial charge is 0.505 e. The predicted octanol–water partition coefficient (Wildman–Crippen LogP) is 4.21. The molecule has 2 N–H and O–H groups in total. The molecule has 0 radical (unpaired) electrons. The van der Waals surface area contributed by atoms with Gasteiger partial charge in [-0.15, -0.1) is 0 Å². The molecule has 3 aromatic rings. The molecule has 0 saturated heterocycles. The average molecular weight is 394 g/mol. The van der Waals surface area contributed by atoms with Gasteiger partial charge in [-0.1, -0.05) is 32.0 Å². The first-order valence-corrected chi connectivity index (χ1v) is 9.51. The molecule has 3 rings (SSSR count). The highest BCUT2D eigenvalue weighted by atomic mass is 16.5. The van der Waals surface area contributed by atoms with Crippen LogP contribution in [-0.2, 0) is 4.79 Å². The van der Waals surface area contributed by atoms with Crippen molar-refractivity contribution in [3.05, 3.63) is 59.8 Å². The van der Waals surface area contributed by atoms with E-state index in [1.165, 1.54) is 0 Å². The van der Waals surface area contributed by atoms with E-state index in [2.05, 4.69) is 10.3 Å². The van der Waals surface area contributed by atoms with Crippen LogP contribution in [0.5, 0.6) is 17.2 Å². The molecule has 6 heteroatoms. The van der Waals surface area contributed by atoms with Crippen LogP contribution in [0.15, 0.2) is 48.7 Å². The zero-order chi connectivity index (χ0) is 21.0. The molecule has 0 bridgehead atoms. The number of nitrogens with one attached hydrogen (secondary N) is 1. The molecule has 152 valence electrons. The van der Waals surface area contributed by atoms with Gasteiger partial charge >= 0.3 is 0 Å². The maximum atomic E-state index is 12.6. The molecule has 0 saturated carbocycles. The van der Waals surface area contributed by atoms with Gasteiger partial charge in [0.2, 0.25) is 5.91 Å². The molecule has 0 aliphatic carbocycles. The molecular formula is C23H26N2O4. The second-order valence-corrected chi connectivity index (χ2v) is 7.32. The summed E-state index contributed by atoms with van der Waals surface area (Å²) in [6.45, 7) is 3.97. The van der Waals surface area contributed by atoms with Crippen LogP contribution in [0, 0.1) is 5.92 Å². The van der Waals surface area contributed by atoms with E-state index in [1.54, 1.807) is 26.5 Å². The van der Waals surface area contributed by atoms with Crippen LogP contribution in [0.2, 0.25) is 0 Å². The van der Waals surface area contributed by atoms with E-state index in [9.17, 15) is 9.90 Å². The highest BCUT2D eigenvalue weighted by Gasteiger charge is 2.23. The molecule has 6 nitrogen and oxygen atoms in total. The molecule has 0 aliphatic heterocycles. The number of methoxy groups -OCH3 is 2. The van der Waals surface area contributed by atoms with Crippen molar-refractivity contribution in [3.63, 3.8) is 0 Å². The van der Waals surface area contributed by atoms with Crippen LogP contribution < -0.4 is 14.8 Å². The Morgan fingerprint density at radius 3 is 2.41 bits per heavy atom. The number of benzene rings is 2. The first-order valence-electron chi connectivity index (χ1n) is 9.51. The molecule has 29 heavy (non-hydrogen) atoms. The van der Waals surface area contributed by atoms with Crippen LogP contribution in [0.3, 0.4) is 0 Å². The summed E-state index contributed by atoms with van der Waals surface area (Å²) < 4.78 is 10.8. The second kappa shape index (κ2) is 8.82. The topological polar surface area (TPSA) is 80.7 Å². The maximum Gasteiger partial charge on any atom is 0.221 e. The quantitative estimate of drug-likeness (QED) is 0.627. The van der Waals surface area contributed by atoms with Crippen molar-refractivity contribution < 1.29 is 19.4 Å². The number of aromatic hydroxyl groups is 1. The van der Waals surface area contributed by atoms with Gasteiger partial charge in [-0.3, -0.25) is 9.78 Å². The number of phenolic OH excluding ortho intramolecular Hbond substituents is 1. The Morgan fingerprint density at radius 1 is 1.10 bits per heavy atom. The predicted molar refractivity (Wildman–Crippen MR) is 112 cm³/mol. The summed E-state index contributed by atoms with van der Waals surface area (Å²) in [5.41, 5.74) is 1.79. The first-order chi connectivity index (χ1) is 13.9. The lowest BCUT2D eigenvalue weighted by Crippen LogP contribution is -2.30. The van der Waals surface area contributed by atoms with E-state index in [-0.39, 0.29) is 17.6 Å². The van der Waals surface area contributed by atoms with E-state index in [4.69, 9.17) is 9.47 Å². The average Bonchev–Trinajstić information content (AvgIpc) is 2.72. The molecular weight excluding hydrogens is 368 g/mol. The number of hydrogen-bond acceptors (Lipinski definition) is 5. The fraction of sp³-hybridized carbons (Fsp3) is 0.304. The van der Waals surface area contributed by atoms with Gasteiger partial charge in [0, 0.05) is 29.6 Å². The summed E-state index contributed by atoms with van der Waals surface area (Å²) in [5, 5.41) is 14.8. The molecule has 1 aromatic heterocycles. The number of fused-ring (bicyclic) bond motifs is 1. The Morgan fingerprint density at radius 2 is 1.79 bits per heavy atom. The minimum Gasteiger partial charge on any atom is -0.505 e. The van der Waals surface area contributed by atoms with E-state index in [0.717, 1.165) is 10.9 Å². The molecule has 1 amide bonds. The first kappa shape index (κ1) is 20.5. The van der Waals surface area contributed by atoms with E-state index < -0.39 is 6.04 Å². The van der Waals surface area contributed by atoms with E-state index >= 15 is 0 Å². The normalized spacial score (nSPS) is 12.0. The van der Waals surface area contributed by atoms with Crippen molar-refractivity contribution in [1.82, 2.24) is 10.3 Å².